The maximum absolute atomic E-state index is 5.92. The van der Waals surface area contributed by atoms with Gasteiger partial charge >= 0.3 is 0 Å². The maximum Gasteiger partial charge on any atom is 0.201 e. The molecule has 0 aliphatic heterocycles. The molecule has 0 aliphatic rings. The summed E-state index contributed by atoms with van der Waals surface area (Å²) >= 11 is 3.45. The third kappa shape index (κ3) is 1.92. The normalized spacial score (nSPS) is 13.2. The molecule has 0 radical (unpaired) electrons. The van der Waals surface area contributed by atoms with Crippen LogP contribution < -0.4 is 5.73 Å². The molecular weight excluding hydrogens is 270 g/mol. The van der Waals surface area contributed by atoms with Crippen molar-refractivity contribution < 1.29 is 4.74 Å². The van der Waals surface area contributed by atoms with Gasteiger partial charge in [0.05, 0.1) is 23.7 Å². The first kappa shape index (κ1) is 11.4. The van der Waals surface area contributed by atoms with Crippen LogP contribution in [0.1, 0.15) is 13.0 Å². The van der Waals surface area contributed by atoms with Crippen LogP contribution in [0.5, 0.6) is 0 Å². The highest BCUT2D eigenvalue weighted by molar-refractivity contribution is 9.10. The van der Waals surface area contributed by atoms with E-state index in [9.17, 15) is 0 Å². The van der Waals surface area contributed by atoms with Gasteiger partial charge in [-0.25, -0.2) is 4.98 Å². The lowest BCUT2D eigenvalue weighted by molar-refractivity contribution is 0.164. The van der Waals surface area contributed by atoms with E-state index < -0.39 is 0 Å². The Morgan fingerprint density at radius 3 is 3.00 bits per heavy atom. The van der Waals surface area contributed by atoms with E-state index >= 15 is 0 Å². The lowest BCUT2D eigenvalue weighted by Gasteiger charge is -2.14. The number of hydrogen-bond donors (Lipinski definition) is 1. The Balaban J connectivity index is 2.58. The Morgan fingerprint density at radius 1 is 1.56 bits per heavy atom. The molecule has 1 aromatic heterocycles. The summed E-state index contributed by atoms with van der Waals surface area (Å²) in [6.07, 6.45) is 0. The van der Waals surface area contributed by atoms with Gasteiger partial charge in [0.1, 0.15) is 0 Å². The summed E-state index contributed by atoms with van der Waals surface area (Å²) in [4.78, 5) is 4.32. The zero-order valence-electron chi connectivity index (χ0n) is 9.27. The molecule has 16 heavy (non-hydrogen) atoms. The molecule has 0 amide bonds. The fraction of sp³-hybridized carbons (Fsp3) is 0.364. The smallest absolute Gasteiger partial charge is 0.201 e. The van der Waals surface area contributed by atoms with Gasteiger partial charge in [-0.05, 0) is 25.1 Å². The van der Waals surface area contributed by atoms with E-state index in [1.54, 1.807) is 7.11 Å². The van der Waals surface area contributed by atoms with E-state index in [1.807, 2.05) is 22.8 Å². The lowest BCUT2D eigenvalue weighted by Crippen LogP contribution is -2.13. The number of halogens is 1. The zero-order chi connectivity index (χ0) is 11.7. The Hall–Kier alpha value is -1.07. The van der Waals surface area contributed by atoms with Crippen molar-refractivity contribution in [3.8, 4) is 0 Å². The summed E-state index contributed by atoms with van der Waals surface area (Å²) in [6, 6.07) is 6.10. The molecule has 2 aromatic rings. The molecule has 0 fully saturated rings. The molecular formula is C11H14BrN3O. The maximum atomic E-state index is 5.92. The largest absolute Gasteiger partial charge is 0.383 e. The van der Waals surface area contributed by atoms with Gasteiger partial charge in [-0.15, -0.1) is 0 Å². The number of anilines is 1. The first-order valence-electron chi connectivity index (χ1n) is 5.05. The summed E-state index contributed by atoms with van der Waals surface area (Å²) in [6.45, 7) is 2.67. The van der Waals surface area contributed by atoms with Gasteiger partial charge in [0.2, 0.25) is 5.95 Å². The van der Waals surface area contributed by atoms with Crippen molar-refractivity contribution in [3.05, 3.63) is 22.7 Å². The molecule has 86 valence electrons. The number of nitrogens with zero attached hydrogens (tertiary/aromatic N) is 2. The second kappa shape index (κ2) is 4.43. The van der Waals surface area contributed by atoms with Crippen molar-refractivity contribution in [3.63, 3.8) is 0 Å². The van der Waals surface area contributed by atoms with Crippen LogP contribution in [0.3, 0.4) is 0 Å². The number of nitrogen functional groups attached to an aromatic ring is 1. The van der Waals surface area contributed by atoms with Crippen molar-refractivity contribution >= 4 is 32.9 Å². The molecule has 0 saturated carbocycles. The van der Waals surface area contributed by atoms with E-state index in [1.165, 1.54) is 0 Å². The Bertz CT molecular complexity index is 509. The van der Waals surface area contributed by atoms with E-state index in [0.29, 0.717) is 12.6 Å². The summed E-state index contributed by atoms with van der Waals surface area (Å²) in [7, 11) is 1.68. The number of ether oxygens (including phenoxy) is 1. The summed E-state index contributed by atoms with van der Waals surface area (Å²) in [5.41, 5.74) is 7.85. The van der Waals surface area contributed by atoms with Gasteiger partial charge in [0, 0.05) is 11.6 Å². The Morgan fingerprint density at radius 2 is 2.31 bits per heavy atom. The topological polar surface area (TPSA) is 53.1 Å². The van der Waals surface area contributed by atoms with Crippen LogP contribution in [0.2, 0.25) is 0 Å². The molecule has 4 nitrogen and oxygen atoms in total. The second-order valence-electron chi connectivity index (χ2n) is 3.78. The van der Waals surface area contributed by atoms with Gasteiger partial charge < -0.3 is 15.0 Å². The van der Waals surface area contributed by atoms with Crippen LogP contribution in [0.15, 0.2) is 22.7 Å². The minimum atomic E-state index is 0.171. The van der Waals surface area contributed by atoms with Gasteiger partial charge in [0.25, 0.3) is 0 Å². The van der Waals surface area contributed by atoms with Crippen molar-refractivity contribution in [1.82, 2.24) is 9.55 Å². The van der Waals surface area contributed by atoms with Gasteiger partial charge in [-0.3, -0.25) is 0 Å². The molecule has 5 heteroatoms. The second-order valence-corrected chi connectivity index (χ2v) is 4.69. The first-order chi connectivity index (χ1) is 7.63. The van der Waals surface area contributed by atoms with Crippen LogP contribution >= 0.6 is 15.9 Å². The van der Waals surface area contributed by atoms with Crippen molar-refractivity contribution in [2.75, 3.05) is 19.5 Å². The number of methoxy groups -OCH3 is 1. The fourth-order valence-corrected chi connectivity index (χ4v) is 2.21. The number of nitrogens with two attached hydrogens (primary N) is 1. The highest BCUT2D eigenvalue weighted by atomic mass is 79.9. The average molecular weight is 284 g/mol. The molecule has 1 atom stereocenters. The van der Waals surface area contributed by atoms with E-state index in [4.69, 9.17) is 10.5 Å². The van der Waals surface area contributed by atoms with E-state index in [-0.39, 0.29) is 6.04 Å². The van der Waals surface area contributed by atoms with Gasteiger partial charge in [-0.2, -0.15) is 0 Å². The zero-order valence-corrected chi connectivity index (χ0v) is 10.9. The Labute approximate surface area is 103 Å². The summed E-state index contributed by atoms with van der Waals surface area (Å²) in [5.74, 6) is 0.526. The molecule has 0 aliphatic carbocycles. The highest BCUT2D eigenvalue weighted by Crippen LogP contribution is 2.25. The summed E-state index contributed by atoms with van der Waals surface area (Å²) < 4.78 is 8.15. The number of imidazole rings is 1. The molecule has 0 bridgehead atoms. The minimum Gasteiger partial charge on any atom is -0.383 e. The molecule has 1 unspecified atom stereocenters. The van der Waals surface area contributed by atoms with Crippen LogP contribution in [0.4, 0.5) is 5.95 Å². The van der Waals surface area contributed by atoms with E-state index in [2.05, 4.69) is 27.8 Å². The standard InChI is InChI=1S/C11H14BrN3O/c1-7(6-16-2)15-10-5-8(12)3-4-9(10)14-11(15)13/h3-5,7H,6H2,1-2H3,(H2,13,14). The fourth-order valence-electron chi connectivity index (χ4n) is 1.86. The SMILES string of the molecule is COCC(C)n1c(N)nc2ccc(Br)cc21. The first-order valence-corrected chi connectivity index (χ1v) is 5.84. The molecule has 2 N–H and O–H groups in total. The van der Waals surface area contributed by atoms with Crippen LogP contribution in [0.25, 0.3) is 11.0 Å². The summed E-state index contributed by atoms with van der Waals surface area (Å²) in [5, 5.41) is 0. The van der Waals surface area contributed by atoms with Crippen molar-refractivity contribution in [2.24, 2.45) is 0 Å². The number of hydrogen-bond acceptors (Lipinski definition) is 3. The molecule has 0 spiro atoms. The van der Waals surface area contributed by atoms with Crippen molar-refractivity contribution in [1.29, 1.82) is 0 Å². The molecule has 0 saturated heterocycles. The third-order valence-corrected chi connectivity index (χ3v) is 3.02. The number of benzene rings is 1. The highest BCUT2D eigenvalue weighted by Gasteiger charge is 2.13. The monoisotopic (exact) mass is 283 g/mol. The number of fused-ring (bicyclic) bond motifs is 1. The predicted molar refractivity (Wildman–Crippen MR) is 68.4 cm³/mol. The van der Waals surface area contributed by atoms with Crippen LogP contribution in [-0.4, -0.2) is 23.3 Å². The molecule has 2 rings (SSSR count). The minimum absolute atomic E-state index is 0.171. The lowest BCUT2D eigenvalue weighted by atomic mass is 10.3. The van der Waals surface area contributed by atoms with Crippen LogP contribution in [-0.2, 0) is 4.74 Å². The van der Waals surface area contributed by atoms with Gasteiger partial charge in [-0.1, -0.05) is 15.9 Å². The average Bonchev–Trinajstić information content (AvgIpc) is 2.53. The number of rotatable bonds is 3. The number of aromatic nitrogens is 2. The third-order valence-electron chi connectivity index (χ3n) is 2.53. The van der Waals surface area contributed by atoms with Crippen molar-refractivity contribution in [2.45, 2.75) is 13.0 Å². The van der Waals surface area contributed by atoms with Gasteiger partial charge in [0.15, 0.2) is 0 Å². The predicted octanol–water partition coefficient (Wildman–Crippen LogP) is 2.59. The van der Waals surface area contributed by atoms with Crippen LogP contribution in [0, 0.1) is 0 Å². The van der Waals surface area contributed by atoms with E-state index in [0.717, 1.165) is 15.5 Å². The molecule has 1 heterocycles. The quantitative estimate of drug-likeness (QED) is 0.942. The Kier molecular flexibility index (Phi) is 3.16. The molecule has 1 aromatic carbocycles.